The molecule has 6 heteroatoms. The quantitative estimate of drug-likeness (QED) is 0.635. The van der Waals surface area contributed by atoms with Crippen LogP contribution in [0.4, 0.5) is 0 Å². The van der Waals surface area contributed by atoms with Gasteiger partial charge in [0.05, 0.1) is 16.6 Å². The average molecular weight is 327 g/mol. The number of aromatic nitrogens is 3. The molecule has 0 spiro atoms. The Hall–Kier alpha value is -1.29. The maximum Gasteiger partial charge on any atom is 0.164 e. The molecule has 0 radical (unpaired) electrons. The maximum atomic E-state index is 6.10. The molecule has 0 fully saturated rings. The van der Waals surface area contributed by atoms with E-state index in [-0.39, 0.29) is 5.88 Å². The van der Waals surface area contributed by atoms with Gasteiger partial charge in [0.1, 0.15) is 11.3 Å². The van der Waals surface area contributed by atoms with Crippen molar-refractivity contribution in [3.63, 3.8) is 0 Å². The van der Waals surface area contributed by atoms with Crippen LogP contribution in [0.5, 0.6) is 0 Å². The van der Waals surface area contributed by atoms with Crippen LogP contribution in [0.25, 0.3) is 16.9 Å². The number of hydrogen-bond acceptors (Lipinski definition) is 2. The van der Waals surface area contributed by atoms with E-state index in [9.17, 15) is 0 Å². The lowest BCUT2D eigenvalue weighted by Gasteiger charge is -2.10. The van der Waals surface area contributed by atoms with Crippen molar-refractivity contribution >= 4 is 46.0 Å². The van der Waals surface area contributed by atoms with E-state index in [1.54, 1.807) is 12.3 Å². The molecule has 0 aliphatic rings. The van der Waals surface area contributed by atoms with Gasteiger partial charge in [0.25, 0.3) is 0 Å². The normalized spacial score (nSPS) is 11.2. The summed E-state index contributed by atoms with van der Waals surface area (Å²) < 4.78 is 1.92. The SMILES string of the molecule is Cc1ccc(Cl)cc1-n1c(CCl)nc2cc(Cl)cnc21. The summed E-state index contributed by atoms with van der Waals surface area (Å²) in [5.74, 6) is 0.988. The second kappa shape index (κ2) is 5.24. The fourth-order valence-electron chi connectivity index (χ4n) is 2.15. The molecule has 0 aliphatic heterocycles. The maximum absolute atomic E-state index is 6.10. The van der Waals surface area contributed by atoms with Gasteiger partial charge in [-0.2, -0.15) is 0 Å². The molecule has 3 nitrogen and oxygen atoms in total. The fraction of sp³-hybridized carbons (Fsp3) is 0.143. The van der Waals surface area contributed by atoms with E-state index in [0.29, 0.717) is 21.4 Å². The zero-order chi connectivity index (χ0) is 14.3. The predicted molar refractivity (Wildman–Crippen MR) is 83.2 cm³/mol. The molecule has 0 unspecified atom stereocenters. The first-order valence-electron chi connectivity index (χ1n) is 5.95. The van der Waals surface area contributed by atoms with Gasteiger partial charge in [0.15, 0.2) is 5.65 Å². The molecule has 0 aliphatic carbocycles. The summed E-state index contributed by atoms with van der Waals surface area (Å²) in [6.45, 7) is 2.01. The van der Waals surface area contributed by atoms with Gasteiger partial charge in [-0.3, -0.25) is 4.57 Å². The third-order valence-corrected chi connectivity index (χ3v) is 3.75. The van der Waals surface area contributed by atoms with Crippen LogP contribution in [0.2, 0.25) is 10.0 Å². The van der Waals surface area contributed by atoms with Gasteiger partial charge in [-0.15, -0.1) is 11.6 Å². The Labute approximate surface area is 131 Å². The minimum atomic E-state index is 0.278. The van der Waals surface area contributed by atoms with Crippen LogP contribution in [0.15, 0.2) is 30.5 Å². The zero-order valence-corrected chi connectivity index (χ0v) is 12.8. The van der Waals surface area contributed by atoms with Crippen molar-refractivity contribution in [3.8, 4) is 5.69 Å². The molecule has 0 N–H and O–H groups in total. The highest BCUT2D eigenvalue weighted by atomic mass is 35.5. The van der Waals surface area contributed by atoms with Crippen LogP contribution in [-0.2, 0) is 5.88 Å². The summed E-state index contributed by atoms with van der Waals surface area (Å²) in [5, 5.41) is 1.20. The molecule has 3 aromatic rings. The number of rotatable bonds is 2. The van der Waals surface area contributed by atoms with Crippen LogP contribution < -0.4 is 0 Å². The van der Waals surface area contributed by atoms with Gasteiger partial charge in [-0.1, -0.05) is 29.3 Å². The Morgan fingerprint density at radius 1 is 1.15 bits per heavy atom. The van der Waals surface area contributed by atoms with Crippen molar-refractivity contribution < 1.29 is 0 Å². The number of benzene rings is 1. The number of aryl methyl sites for hydroxylation is 1. The number of nitrogens with zero attached hydrogens (tertiary/aromatic N) is 3. The molecule has 20 heavy (non-hydrogen) atoms. The van der Waals surface area contributed by atoms with Crippen molar-refractivity contribution in [2.24, 2.45) is 0 Å². The average Bonchev–Trinajstić information content (AvgIpc) is 2.78. The van der Waals surface area contributed by atoms with Gasteiger partial charge in [-0.25, -0.2) is 9.97 Å². The topological polar surface area (TPSA) is 30.7 Å². The molecule has 0 amide bonds. The Morgan fingerprint density at radius 2 is 1.95 bits per heavy atom. The van der Waals surface area contributed by atoms with E-state index < -0.39 is 0 Å². The fourth-order valence-corrected chi connectivity index (χ4v) is 2.65. The Kier molecular flexibility index (Phi) is 3.59. The van der Waals surface area contributed by atoms with Gasteiger partial charge in [-0.05, 0) is 30.7 Å². The van der Waals surface area contributed by atoms with E-state index in [1.165, 1.54) is 0 Å². The minimum absolute atomic E-state index is 0.278. The van der Waals surface area contributed by atoms with Crippen LogP contribution >= 0.6 is 34.8 Å². The lowest BCUT2D eigenvalue weighted by atomic mass is 10.2. The van der Waals surface area contributed by atoms with Crippen LogP contribution in [0.1, 0.15) is 11.4 Å². The van der Waals surface area contributed by atoms with E-state index in [4.69, 9.17) is 34.8 Å². The second-order valence-electron chi connectivity index (χ2n) is 4.42. The second-order valence-corrected chi connectivity index (χ2v) is 5.56. The van der Waals surface area contributed by atoms with Crippen LogP contribution in [0.3, 0.4) is 0 Å². The van der Waals surface area contributed by atoms with E-state index in [0.717, 1.165) is 16.9 Å². The van der Waals surface area contributed by atoms with Gasteiger partial charge >= 0.3 is 0 Å². The van der Waals surface area contributed by atoms with E-state index in [2.05, 4.69) is 9.97 Å². The van der Waals surface area contributed by atoms with Gasteiger partial charge in [0, 0.05) is 11.2 Å². The summed E-state index contributed by atoms with van der Waals surface area (Å²) in [5.41, 5.74) is 3.42. The van der Waals surface area contributed by atoms with Crippen molar-refractivity contribution in [2.75, 3.05) is 0 Å². The standard InChI is InChI=1S/C14H10Cl3N3/c1-8-2-3-9(16)5-12(8)20-13(6-15)19-11-4-10(17)7-18-14(11)20/h2-5,7H,6H2,1H3. The lowest BCUT2D eigenvalue weighted by molar-refractivity contribution is 0.961. The number of halogens is 3. The molecule has 3 rings (SSSR count). The first-order valence-corrected chi connectivity index (χ1v) is 7.24. The van der Waals surface area contributed by atoms with Gasteiger partial charge < -0.3 is 0 Å². The predicted octanol–water partition coefficient (Wildman–Crippen LogP) is 4.77. The molecular weight excluding hydrogens is 317 g/mol. The van der Waals surface area contributed by atoms with Crippen molar-refractivity contribution in [1.82, 2.24) is 14.5 Å². The molecule has 102 valence electrons. The van der Waals surface area contributed by atoms with Gasteiger partial charge in [0.2, 0.25) is 0 Å². The van der Waals surface area contributed by atoms with E-state index in [1.807, 2.05) is 29.7 Å². The molecule has 2 heterocycles. The number of fused-ring (bicyclic) bond motifs is 1. The molecule has 0 bridgehead atoms. The first-order chi connectivity index (χ1) is 9.60. The lowest BCUT2D eigenvalue weighted by Crippen LogP contribution is -2.02. The van der Waals surface area contributed by atoms with Crippen LogP contribution in [0, 0.1) is 6.92 Å². The van der Waals surface area contributed by atoms with Crippen molar-refractivity contribution in [2.45, 2.75) is 12.8 Å². The Bertz CT molecular complexity index is 796. The summed E-state index contributed by atoms with van der Waals surface area (Å²) in [4.78, 5) is 8.84. The summed E-state index contributed by atoms with van der Waals surface area (Å²) in [7, 11) is 0. The minimum Gasteiger partial charge on any atom is -0.279 e. The number of imidazole rings is 1. The third kappa shape index (κ3) is 2.26. The smallest absolute Gasteiger partial charge is 0.164 e. The highest BCUT2D eigenvalue weighted by Crippen LogP contribution is 2.27. The molecule has 0 saturated heterocycles. The third-order valence-electron chi connectivity index (χ3n) is 3.06. The summed E-state index contributed by atoms with van der Waals surface area (Å²) >= 11 is 18.1. The largest absolute Gasteiger partial charge is 0.279 e. The highest BCUT2D eigenvalue weighted by molar-refractivity contribution is 6.31. The molecule has 1 aromatic carbocycles. The van der Waals surface area contributed by atoms with Crippen LogP contribution in [-0.4, -0.2) is 14.5 Å². The van der Waals surface area contributed by atoms with Crippen molar-refractivity contribution in [3.05, 3.63) is 51.9 Å². The van der Waals surface area contributed by atoms with E-state index >= 15 is 0 Å². The Balaban J connectivity index is 2.37. The number of hydrogen-bond donors (Lipinski definition) is 0. The molecule has 0 atom stereocenters. The summed E-state index contributed by atoms with van der Waals surface area (Å²) in [6, 6.07) is 7.46. The molecular formula is C14H10Cl3N3. The number of alkyl halides is 1. The first kappa shape index (κ1) is 13.7. The van der Waals surface area contributed by atoms with Crippen molar-refractivity contribution in [1.29, 1.82) is 0 Å². The zero-order valence-electron chi connectivity index (χ0n) is 10.6. The number of pyridine rings is 1. The monoisotopic (exact) mass is 325 g/mol. The summed E-state index contributed by atoms with van der Waals surface area (Å²) in [6.07, 6.45) is 1.60. The molecule has 2 aromatic heterocycles. The Morgan fingerprint density at radius 3 is 2.70 bits per heavy atom. The molecule has 0 saturated carbocycles. The highest BCUT2D eigenvalue weighted by Gasteiger charge is 2.15.